The van der Waals surface area contributed by atoms with Gasteiger partial charge in [0.2, 0.25) is 0 Å². The lowest BCUT2D eigenvalue weighted by Gasteiger charge is -2.29. The molecule has 1 aromatic rings. The summed E-state index contributed by atoms with van der Waals surface area (Å²) in [5.74, 6) is -1.01. The van der Waals surface area contributed by atoms with Crippen molar-refractivity contribution in [3.8, 4) is 0 Å². The van der Waals surface area contributed by atoms with Crippen molar-refractivity contribution < 1.29 is 19.1 Å². The van der Waals surface area contributed by atoms with Crippen LogP contribution in [0.3, 0.4) is 0 Å². The van der Waals surface area contributed by atoms with Gasteiger partial charge in [0.05, 0.1) is 10.6 Å². The molecule has 3 amide bonds. The lowest BCUT2D eigenvalue weighted by Crippen LogP contribution is -2.48. The fourth-order valence-electron chi connectivity index (χ4n) is 2.89. The van der Waals surface area contributed by atoms with E-state index in [0.29, 0.717) is 5.92 Å². The highest BCUT2D eigenvalue weighted by Gasteiger charge is 2.23. The van der Waals surface area contributed by atoms with Gasteiger partial charge in [-0.2, -0.15) is 0 Å². The van der Waals surface area contributed by atoms with Crippen molar-refractivity contribution in [2.45, 2.75) is 43.5 Å². The number of carbonyl (C=O) groups excluding carboxylic acids is 3. The Bertz CT molecular complexity index is 683. The second-order valence-corrected chi connectivity index (χ2v) is 7.60. The Labute approximate surface area is 162 Å². The molecule has 0 bridgehead atoms. The van der Waals surface area contributed by atoms with Gasteiger partial charge in [-0.05, 0) is 43.2 Å². The number of nitrogens with one attached hydrogen (secondary N) is 2. The van der Waals surface area contributed by atoms with Crippen LogP contribution in [-0.2, 0) is 9.53 Å². The first-order valence-corrected chi connectivity index (χ1v) is 10.1. The fourth-order valence-corrected chi connectivity index (χ4v) is 3.53. The van der Waals surface area contributed by atoms with Crippen LogP contribution < -0.4 is 10.6 Å². The molecule has 0 saturated heterocycles. The molecule has 2 atom stereocenters. The van der Waals surface area contributed by atoms with Crippen LogP contribution in [-0.4, -0.2) is 36.8 Å². The predicted molar refractivity (Wildman–Crippen MR) is 102 cm³/mol. The first kappa shape index (κ1) is 20.6. The number of esters is 1. The number of imide groups is 1. The second-order valence-electron chi connectivity index (χ2n) is 6.31. The Morgan fingerprint density at radius 2 is 2.00 bits per heavy atom. The summed E-state index contributed by atoms with van der Waals surface area (Å²) >= 11 is 7.45. The average molecular weight is 399 g/mol. The number of thioether (sulfide) groups is 1. The molecule has 0 heterocycles. The first-order valence-electron chi connectivity index (χ1n) is 8.51. The summed E-state index contributed by atoms with van der Waals surface area (Å²) in [6.07, 6.45) is 6.07. The number of ether oxygens (including phenoxy) is 1. The predicted octanol–water partition coefficient (Wildman–Crippen LogP) is 3.62. The zero-order chi connectivity index (χ0) is 19.1. The molecule has 0 aliphatic heterocycles. The fraction of sp³-hybridized carbons (Fsp3) is 0.500. The minimum atomic E-state index is -0.706. The zero-order valence-corrected chi connectivity index (χ0v) is 16.4. The monoisotopic (exact) mass is 398 g/mol. The standard InChI is InChI=1S/C18H23ClN2O4S/c1-11-5-3-4-6-15(11)20-18(24)21-16(22)10-25-17(23)13-9-12(26-2)7-8-14(13)19/h7-9,11,15H,3-6,10H2,1-2H3,(H2,20,21,22,24)/t11-,15+/m0/s1. The average Bonchev–Trinajstić information content (AvgIpc) is 2.62. The maximum atomic E-state index is 12.1. The van der Waals surface area contributed by atoms with Gasteiger partial charge in [-0.3, -0.25) is 10.1 Å². The van der Waals surface area contributed by atoms with Gasteiger partial charge in [0.15, 0.2) is 6.61 Å². The maximum Gasteiger partial charge on any atom is 0.340 e. The molecule has 1 aliphatic rings. The molecule has 2 N–H and O–H groups in total. The van der Waals surface area contributed by atoms with Crippen molar-refractivity contribution in [1.82, 2.24) is 10.6 Å². The molecule has 2 rings (SSSR count). The number of benzene rings is 1. The van der Waals surface area contributed by atoms with Crippen molar-refractivity contribution in [3.63, 3.8) is 0 Å². The van der Waals surface area contributed by atoms with E-state index in [1.54, 1.807) is 18.2 Å². The summed E-state index contributed by atoms with van der Waals surface area (Å²) in [5.41, 5.74) is 0.187. The third kappa shape index (κ3) is 5.92. The number of hydrogen-bond donors (Lipinski definition) is 2. The van der Waals surface area contributed by atoms with E-state index in [2.05, 4.69) is 17.6 Å². The summed E-state index contributed by atoms with van der Waals surface area (Å²) in [6.45, 7) is 1.53. The molecular formula is C18H23ClN2O4S. The van der Waals surface area contributed by atoms with Crippen LogP contribution in [0.4, 0.5) is 4.79 Å². The molecule has 1 saturated carbocycles. The molecule has 1 aliphatic carbocycles. The molecule has 1 fully saturated rings. The van der Waals surface area contributed by atoms with E-state index in [-0.39, 0.29) is 16.6 Å². The molecule has 0 radical (unpaired) electrons. The van der Waals surface area contributed by atoms with E-state index in [9.17, 15) is 14.4 Å². The normalized spacial score (nSPS) is 19.5. The Morgan fingerprint density at radius 1 is 1.27 bits per heavy atom. The van der Waals surface area contributed by atoms with Crippen LogP contribution in [0.25, 0.3) is 0 Å². The molecule has 26 heavy (non-hydrogen) atoms. The smallest absolute Gasteiger partial charge is 0.340 e. The highest BCUT2D eigenvalue weighted by Crippen LogP contribution is 2.24. The lowest BCUT2D eigenvalue weighted by atomic mass is 9.86. The SMILES string of the molecule is CSc1ccc(Cl)c(C(=O)OCC(=O)NC(=O)N[C@@H]2CCCC[C@@H]2C)c1. The van der Waals surface area contributed by atoms with Gasteiger partial charge in [0.1, 0.15) is 0 Å². The van der Waals surface area contributed by atoms with Crippen LogP contribution in [0, 0.1) is 5.92 Å². The number of amides is 3. The van der Waals surface area contributed by atoms with Crippen molar-refractivity contribution in [2.75, 3.05) is 12.9 Å². The minimum absolute atomic E-state index is 0.0622. The van der Waals surface area contributed by atoms with E-state index in [0.717, 1.165) is 30.6 Å². The summed E-state index contributed by atoms with van der Waals surface area (Å²) in [4.78, 5) is 36.7. The minimum Gasteiger partial charge on any atom is -0.452 e. The third-order valence-corrected chi connectivity index (χ3v) is 5.46. The molecule has 0 aromatic heterocycles. The van der Waals surface area contributed by atoms with Crippen molar-refractivity contribution >= 4 is 41.3 Å². The van der Waals surface area contributed by atoms with Crippen LogP contribution in [0.15, 0.2) is 23.1 Å². The van der Waals surface area contributed by atoms with Gasteiger partial charge >= 0.3 is 12.0 Å². The van der Waals surface area contributed by atoms with E-state index in [1.807, 2.05) is 6.26 Å². The quantitative estimate of drug-likeness (QED) is 0.584. The molecule has 142 valence electrons. The summed E-state index contributed by atoms with van der Waals surface area (Å²) in [6, 6.07) is 4.49. The molecule has 6 nitrogen and oxygen atoms in total. The summed E-state index contributed by atoms with van der Waals surface area (Å²) in [5, 5.41) is 5.24. The number of rotatable bonds is 5. The van der Waals surface area contributed by atoms with E-state index in [1.165, 1.54) is 11.8 Å². The van der Waals surface area contributed by atoms with E-state index in [4.69, 9.17) is 16.3 Å². The molecule has 0 spiro atoms. The van der Waals surface area contributed by atoms with Crippen molar-refractivity contribution in [2.24, 2.45) is 5.92 Å². The summed E-state index contributed by atoms with van der Waals surface area (Å²) in [7, 11) is 0. The Balaban J connectivity index is 1.80. The van der Waals surface area contributed by atoms with Gasteiger partial charge in [-0.15, -0.1) is 11.8 Å². The number of hydrogen-bond acceptors (Lipinski definition) is 5. The van der Waals surface area contributed by atoms with Gasteiger partial charge in [-0.25, -0.2) is 9.59 Å². The van der Waals surface area contributed by atoms with Gasteiger partial charge in [-0.1, -0.05) is 31.4 Å². The van der Waals surface area contributed by atoms with Crippen LogP contribution in [0.2, 0.25) is 5.02 Å². The van der Waals surface area contributed by atoms with Gasteiger partial charge in [0, 0.05) is 10.9 Å². The van der Waals surface area contributed by atoms with E-state index < -0.39 is 24.5 Å². The largest absolute Gasteiger partial charge is 0.452 e. The van der Waals surface area contributed by atoms with Crippen LogP contribution >= 0.6 is 23.4 Å². The molecule has 8 heteroatoms. The number of urea groups is 1. The number of carbonyl (C=O) groups is 3. The van der Waals surface area contributed by atoms with Crippen LogP contribution in [0.1, 0.15) is 43.0 Å². The van der Waals surface area contributed by atoms with E-state index >= 15 is 0 Å². The van der Waals surface area contributed by atoms with Crippen molar-refractivity contribution in [3.05, 3.63) is 28.8 Å². The highest BCUT2D eigenvalue weighted by atomic mass is 35.5. The zero-order valence-electron chi connectivity index (χ0n) is 14.8. The Hall–Kier alpha value is -1.73. The third-order valence-electron chi connectivity index (χ3n) is 4.41. The van der Waals surface area contributed by atoms with Crippen LogP contribution in [0.5, 0.6) is 0 Å². The second kappa shape index (κ2) is 9.83. The molecule has 0 unspecified atom stereocenters. The molecular weight excluding hydrogens is 376 g/mol. The first-order chi connectivity index (χ1) is 12.4. The van der Waals surface area contributed by atoms with Gasteiger partial charge < -0.3 is 10.1 Å². The van der Waals surface area contributed by atoms with Gasteiger partial charge in [0.25, 0.3) is 5.91 Å². The summed E-state index contributed by atoms with van der Waals surface area (Å²) < 4.78 is 4.96. The maximum absolute atomic E-state index is 12.1. The Kier molecular flexibility index (Phi) is 7.78. The topological polar surface area (TPSA) is 84.5 Å². The highest BCUT2D eigenvalue weighted by molar-refractivity contribution is 7.98. The lowest BCUT2D eigenvalue weighted by molar-refractivity contribution is -0.123. The molecule has 1 aromatic carbocycles. The van der Waals surface area contributed by atoms with Crippen molar-refractivity contribution in [1.29, 1.82) is 0 Å². The number of halogens is 1. The Morgan fingerprint density at radius 3 is 2.69 bits per heavy atom.